The molecule has 1 aliphatic rings. The number of hydrogen-bond donors (Lipinski definition) is 0. The number of nitrogens with zero attached hydrogens (tertiary/aromatic N) is 6. The molecule has 3 heterocycles. The molecule has 0 radical (unpaired) electrons. The molecule has 1 aliphatic heterocycles. The minimum atomic E-state index is -0.0237. The van der Waals surface area contributed by atoms with Crippen LogP contribution in [0.2, 0.25) is 0 Å². The lowest BCUT2D eigenvalue weighted by atomic mass is 10.1. The van der Waals surface area contributed by atoms with Crippen molar-refractivity contribution in [3.63, 3.8) is 0 Å². The zero-order valence-electron chi connectivity index (χ0n) is 17.3. The van der Waals surface area contributed by atoms with E-state index in [0.29, 0.717) is 17.5 Å². The largest absolute Gasteiger partial charge is 0.313 e. The maximum atomic E-state index is 13.2. The van der Waals surface area contributed by atoms with Gasteiger partial charge in [0.15, 0.2) is 0 Å². The van der Waals surface area contributed by atoms with E-state index in [1.54, 1.807) is 0 Å². The van der Waals surface area contributed by atoms with Crippen LogP contribution < -0.4 is 5.56 Å². The smallest absolute Gasteiger partial charge is 0.280 e. The Hall–Kier alpha value is -2.16. The zero-order valence-corrected chi connectivity index (χ0v) is 18.2. The highest BCUT2D eigenvalue weighted by atomic mass is 32.2. The Balaban J connectivity index is 1.70. The fourth-order valence-electron chi connectivity index (χ4n) is 3.99. The van der Waals surface area contributed by atoms with Crippen molar-refractivity contribution in [2.24, 2.45) is 0 Å². The monoisotopic (exact) mass is 412 g/mol. The van der Waals surface area contributed by atoms with Gasteiger partial charge in [0.1, 0.15) is 0 Å². The first-order valence-electron chi connectivity index (χ1n) is 10.0. The van der Waals surface area contributed by atoms with Gasteiger partial charge in [-0.3, -0.25) is 9.69 Å². The Morgan fingerprint density at radius 3 is 2.72 bits per heavy atom. The lowest BCUT2D eigenvalue weighted by molar-refractivity contribution is 0.238. The zero-order chi connectivity index (χ0) is 20.4. The molecule has 0 unspecified atom stereocenters. The van der Waals surface area contributed by atoms with E-state index in [1.807, 2.05) is 12.3 Å². The molecule has 154 valence electrons. The van der Waals surface area contributed by atoms with E-state index in [2.05, 4.69) is 62.8 Å². The number of fused-ring (bicyclic) bond motifs is 2. The molecule has 0 aliphatic carbocycles. The minimum Gasteiger partial charge on any atom is -0.313 e. The molecule has 0 amide bonds. The van der Waals surface area contributed by atoms with E-state index in [-0.39, 0.29) is 5.56 Å². The summed E-state index contributed by atoms with van der Waals surface area (Å²) in [5, 5.41) is 5.10. The van der Waals surface area contributed by atoms with Crippen LogP contribution in [0, 0.1) is 0 Å². The molecule has 4 rings (SSSR count). The Kier molecular flexibility index (Phi) is 6.03. The van der Waals surface area contributed by atoms with Crippen LogP contribution in [0.4, 0.5) is 0 Å². The molecule has 1 aromatic carbocycles. The van der Waals surface area contributed by atoms with Gasteiger partial charge in [0.05, 0.1) is 5.56 Å². The van der Waals surface area contributed by atoms with E-state index in [9.17, 15) is 4.79 Å². The summed E-state index contributed by atoms with van der Waals surface area (Å²) >= 11 is 1.47. The lowest BCUT2D eigenvalue weighted by Crippen LogP contribution is -2.38. The van der Waals surface area contributed by atoms with Crippen LogP contribution in [0.15, 0.2) is 40.3 Å². The quantitative estimate of drug-likeness (QED) is 0.554. The summed E-state index contributed by atoms with van der Waals surface area (Å²) in [6.45, 7) is 4.29. The molecule has 7 nitrogen and oxygen atoms in total. The summed E-state index contributed by atoms with van der Waals surface area (Å²) in [5.41, 5.74) is 3.24. The number of rotatable bonds is 7. The van der Waals surface area contributed by atoms with Crippen molar-refractivity contribution in [1.29, 1.82) is 0 Å². The Morgan fingerprint density at radius 2 is 2.00 bits per heavy atom. The highest BCUT2D eigenvalue weighted by Gasteiger charge is 2.25. The molecule has 0 atom stereocenters. The topological polar surface area (TPSA) is 58.7 Å². The molecule has 8 heteroatoms. The van der Waals surface area contributed by atoms with Crippen molar-refractivity contribution >= 4 is 17.5 Å². The van der Waals surface area contributed by atoms with Crippen molar-refractivity contribution < 1.29 is 0 Å². The second-order valence-electron chi connectivity index (χ2n) is 7.80. The van der Waals surface area contributed by atoms with Gasteiger partial charge in [-0.25, -0.2) is 0 Å². The van der Waals surface area contributed by atoms with Crippen LogP contribution in [0.1, 0.15) is 23.2 Å². The molecule has 2 aromatic heterocycles. The van der Waals surface area contributed by atoms with Gasteiger partial charge >= 0.3 is 0 Å². The number of hydrogen-bond acceptors (Lipinski definition) is 6. The van der Waals surface area contributed by atoms with Gasteiger partial charge in [-0.1, -0.05) is 42.1 Å². The lowest BCUT2D eigenvalue weighted by Gasteiger charge is -2.30. The first-order valence-corrected chi connectivity index (χ1v) is 11.3. The fourth-order valence-corrected chi connectivity index (χ4v) is 4.32. The maximum Gasteiger partial charge on any atom is 0.280 e. The Morgan fingerprint density at radius 1 is 1.21 bits per heavy atom. The van der Waals surface area contributed by atoms with E-state index in [4.69, 9.17) is 0 Å². The SMILES string of the molecule is CSc1nc2n(CCCN(C)C)c3c(c(=O)n2n1)CN(Cc1ccccc1)CC3. The normalized spacial score (nSPS) is 14.6. The van der Waals surface area contributed by atoms with Crippen LogP contribution in [-0.2, 0) is 26.1 Å². The summed E-state index contributed by atoms with van der Waals surface area (Å²) < 4.78 is 3.74. The van der Waals surface area contributed by atoms with Gasteiger partial charge in [0, 0.05) is 38.3 Å². The first-order chi connectivity index (χ1) is 14.1. The Bertz CT molecular complexity index is 1040. The molecule has 0 bridgehead atoms. The standard InChI is InChI=1S/C21H28N6OS/c1-24(2)11-7-12-26-18-10-13-25(14-16-8-5-4-6-9-16)15-17(18)19(28)27-21(26)22-20(23-27)29-3/h4-6,8-9H,7,10-15H2,1-3H3. The molecule has 0 saturated heterocycles. The molecule has 0 spiro atoms. The van der Waals surface area contributed by atoms with E-state index < -0.39 is 0 Å². The third-order valence-electron chi connectivity index (χ3n) is 5.40. The highest BCUT2D eigenvalue weighted by molar-refractivity contribution is 7.98. The summed E-state index contributed by atoms with van der Waals surface area (Å²) in [7, 11) is 4.17. The van der Waals surface area contributed by atoms with Gasteiger partial charge in [-0.15, -0.1) is 5.10 Å². The summed E-state index contributed by atoms with van der Waals surface area (Å²) in [4.78, 5) is 22.4. The summed E-state index contributed by atoms with van der Waals surface area (Å²) in [6, 6.07) is 10.4. The minimum absolute atomic E-state index is 0.0237. The van der Waals surface area contributed by atoms with Crippen molar-refractivity contribution in [3.8, 4) is 0 Å². The van der Waals surface area contributed by atoms with Gasteiger partial charge in [-0.05, 0) is 38.9 Å². The predicted octanol–water partition coefficient (Wildman–Crippen LogP) is 2.12. The second kappa shape index (κ2) is 8.69. The Labute approximate surface area is 175 Å². The predicted molar refractivity (Wildman–Crippen MR) is 116 cm³/mol. The number of aromatic nitrogens is 4. The molecule has 0 N–H and O–H groups in total. The average molecular weight is 413 g/mol. The maximum absolute atomic E-state index is 13.2. The van der Waals surface area contributed by atoms with Crippen molar-refractivity contribution in [2.45, 2.75) is 37.6 Å². The fraction of sp³-hybridized carbons (Fsp3) is 0.476. The van der Waals surface area contributed by atoms with Gasteiger partial charge in [-0.2, -0.15) is 9.50 Å². The van der Waals surface area contributed by atoms with Crippen molar-refractivity contribution in [2.75, 3.05) is 33.4 Å². The van der Waals surface area contributed by atoms with Crippen molar-refractivity contribution in [3.05, 3.63) is 57.5 Å². The van der Waals surface area contributed by atoms with E-state index in [0.717, 1.165) is 50.3 Å². The highest BCUT2D eigenvalue weighted by Crippen LogP contribution is 2.21. The molecule has 0 saturated carbocycles. The summed E-state index contributed by atoms with van der Waals surface area (Å²) in [5.74, 6) is 0.674. The van der Waals surface area contributed by atoms with Gasteiger partial charge in [0.25, 0.3) is 5.56 Å². The van der Waals surface area contributed by atoms with Crippen LogP contribution >= 0.6 is 11.8 Å². The molecule has 0 fully saturated rings. The van der Waals surface area contributed by atoms with Crippen LogP contribution in [0.3, 0.4) is 0 Å². The number of benzene rings is 1. The number of aryl methyl sites for hydroxylation is 1. The molecular weight excluding hydrogens is 384 g/mol. The van der Waals surface area contributed by atoms with E-state index >= 15 is 0 Å². The molecule has 3 aromatic rings. The van der Waals surface area contributed by atoms with Crippen LogP contribution in [0.5, 0.6) is 0 Å². The summed E-state index contributed by atoms with van der Waals surface area (Å²) in [6.07, 6.45) is 3.81. The van der Waals surface area contributed by atoms with Crippen molar-refractivity contribution in [1.82, 2.24) is 29.0 Å². The van der Waals surface area contributed by atoms with Crippen LogP contribution in [-0.4, -0.2) is 62.4 Å². The molecular formula is C21H28N6OS. The number of thioether (sulfide) groups is 1. The van der Waals surface area contributed by atoms with Crippen LogP contribution in [0.25, 0.3) is 5.78 Å². The third kappa shape index (κ3) is 4.24. The second-order valence-corrected chi connectivity index (χ2v) is 8.57. The average Bonchev–Trinajstić information content (AvgIpc) is 3.16. The van der Waals surface area contributed by atoms with Gasteiger partial charge in [0.2, 0.25) is 10.9 Å². The first kappa shape index (κ1) is 20.1. The third-order valence-corrected chi connectivity index (χ3v) is 5.94. The van der Waals surface area contributed by atoms with Gasteiger partial charge < -0.3 is 9.47 Å². The molecule has 29 heavy (non-hydrogen) atoms. The van der Waals surface area contributed by atoms with E-state index in [1.165, 1.54) is 21.8 Å².